The van der Waals surface area contributed by atoms with E-state index in [0.29, 0.717) is 13.0 Å². The first-order valence-electron chi connectivity index (χ1n) is 19.9. The van der Waals surface area contributed by atoms with Crippen LogP contribution in [0.5, 0.6) is 0 Å². The third kappa shape index (κ3) is 12.1. The second-order valence-electron chi connectivity index (χ2n) is 15.6. The lowest BCUT2D eigenvalue weighted by Crippen LogP contribution is -2.56. The van der Waals surface area contributed by atoms with Gasteiger partial charge in [0.25, 0.3) is 0 Å². The number of piperazine rings is 1. The van der Waals surface area contributed by atoms with Gasteiger partial charge >= 0.3 is 5.97 Å². The van der Waals surface area contributed by atoms with Crippen molar-refractivity contribution in [1.29, 1.82) is 0 Å². The van der Waals surface area contributed by atoms with Crippen molar-refractivity contribution in [2.75, 3.05) is 75.2 Å². The molecule has 0 unspecified atom stereocenters. The normalized spacial score (nSPS) is 20.2. The highest BCUT2D eigenvalue weighted by Crippen LogP contribution is 2.30. The molecule has 3 amide bonds. The van der Waals surface area contributed by atoms with Gasteiger partial charge in [-0.2, -0.15) is 0 Å². The Morgan fingerprint density at radius 2 is 1.62 bits per heavy atom. The number of benzene rings is 1. The minimum atomic E-state index is -0.877. The number of likely N-dealkylation sites (tertiary alicyclic amines) is 1. The van der Waals surface area contributed by atoms with Crippen LogP contribution in [0.4, 0.5) is 0 Å². The fraction of sp³-hybridized carbons (Fsp3) is 0.732. The average molecular weight is 772 g/mol. The minimum Gasteiger partial charge on any atom is -0.467 e. The molecule has 0 aliphatic carbocycles. The molecule has 2 N–H and O–H groups in total. The van der Waals surface area contributed by atoms with E-state index in [-0.39, 0.29) is 48.4 Å². The minimum absolute atomic E-state index is 0.0217. The Bertz CT molecular complexity index is 1400. The van der Waals surface area contributed by atoms with Crippen LogP contribution in [0.1, 0.15) is 65.9 Å². The standard InChI is InChI=1S/C41H69N7O7/c1-12-28(4)36(46(8)39(51)35(27(2)3)44-41(45(6)7)47-23-20-42-21-24-47)33(53-9)26-34(49)48-22-16-19-32(48)37(54-10)29(5)38(50)43-31(40(52)55-11)25-30-17-14-13-15-18-30/h13-15,17-18,27-29,31-33,35-37,42H,12,16,19-26H2,1-11H3,(H,43,50)/b44-41+/t28-,29+,31-,32-,33+,35-,36-,37+/m0/s1. The highest BCUT2D eigenvalue weighted by molar-refractivity contribution is 5.88. The number of ether oxygens (including phenoxy) is 3. The molecular weight excluding hydrogens is 702 g/mol. The number of aliphatic imine (C=N–C) groups is 1. The molecule has 14 heteroatoms. The summed E-state index contributed by atoms with van der Waals surface area (Å²) < 4.78 is 17.0. The van der Waals surface area contributed by atoms with Gasteiger partial charge < -0.3 is 44.4 Å². The lowest BCUT2D eigenvalue weighted by molar-refractivity contribution is -0.148. The fourth-order valence-corrected chi connectivity index (χ4v) is 7.96. The molecule has 2 heterocycles. The van der Waals surface area contributed by atoms with Gasteiger partial charge in [-0.05, 0) is 30.2 Å². The van der Waals surface area contributed by atoms with Crippen LogP contribution in [-0.2, 0) is 39.8 Å². The number of amides is 3. The van der Waals surface area contributed by atoms with Crippen LogP contribution < -0.4 is 10.6 Å². The van der Waals surface area contributed by atoms with Gasteiger partial charge in [0.05, 0.1) is 43.7 Å². The summed E-state index contributed by atoms with van der Waals surface area (Å²) in [5, 5.41) is 6.26. The van der Waals surface area contributed by atoms with Crippen molar-refractivity contribution < 1.29 is 33.4 Å². The van der Waals surface area contributed by atoms with Gasteiger partial charge in [0, 0.05) is 74.5 Å². The van der Waals surface area contributed by atoms with Crippen molar-refractivity contribution in [3.63, 3.8) is 0 Å². The van der Waals surface area contributed by atoms with Crippen LogP contribution in [0.25, 0.3) is 0 Å². The molecule has 2 saturated heterocycles. The highest BCUT2D eigenvalue weighted by Gasteiger charge is 2.43. The molecule has 0 saturated carbocycles. The van der Waals surface area contributed by atoms with E-state index in [9.17, 15) is 19.2 Å². The van der Waals surface area contributed by atoms with Crippen LogP contribution >= 0.6 is 0 Å². The number of hydrogen-bond acceptors (Lipinski definition) is 9. The molecule has 14 nitrogen and oxygen atoms in total. The number of guanidine groups is 1. The smallest absolute Gasteiger partial charge is 0.328 e. The number of rotatable bonds is 18. The summed E-state index contributed by atoms with van der Waals surface area (Å²) in [6.07, 6.45) is 1.31. The number of methoxy groups -OCH3 is 3. The zero-order valence-corrected chi connectivity index (χ0v) is 35.2. The number of hydrogen-bond donors (Lipinski definition) is 2. The van der Waals surface area contributed by atoms with Crippen LogP contribution in [-0.4, -0.2) is 161 Å². The Balaban J connectivity index is 1.81. The second kappa shape index (κ2) is 22.1. The number of nitrogens with zero attached hydrogens (tertiary/aromatic N) is 5. The molecule has 1 aromatic rings. The van der Waals surface area contributed by atoms with Gasteiger partial charge in [0.15, 0.2) is 5.96 Å². The van der Waals surface area contributed by atoms with Gasteiger partial charge in [-0.3, -0.25) is 14.4 Å². The van der Waals surface area contributed by atoms with E-state index in [1.807, 2.05) is 63.2 Å². The molecule has 3 rings (SSSR count). The predicted octanol–water partition coefficient (Wildman–Crippen LogP) is 2.65. The molecule has 0 bridgehead atoms. The Morgan fingerprint density at radius 1 is 0.964 bits per heavy atom. The lowest BCUT2D eigenvalue weighted by atomic mass is 9.89. The zero-order chi connectivity index (χ0) is 40.8. The van der Waals surface area contributed by atoms with Gasteiger partial charge in [-0.15, -0.1) is 0 Å². The summed E-state index contributed by atoms with van der Waals surface area (Å²) in [5.41, 5.74) is 0.887. The summed E-state index contributed by atoms with van der Waals surface area (Å²) >= 11 is 0. The Hall–Kier alpha value is -3.75. The van der Waals surface area contributed by atoms with Crippen LogP contribution in [0, 0.1) is 17.8 Å². The molecule has 55 heavy (non-hydrogen) atoms. The van der Waals surface area contributed by atoms with Gasteiger partial charge in [0.1, 0.15) is 12.1 Å². The Kier molecular flexibility index (Phi) is 18.3. The van der Waals surface area contributed by atoms with E-state index in [4.69, 9.17) is 19.2 Å². The number of esters is 1. The van der Waals surface area contributed by atoms with E-state index in [1.54, 1.807) is 38.0 Å². The van der Waals surface area contributed by atoms with Crippen molar-refractivity contribution in [1.82, 2.24) is 30.2 Å². The maximum Gasteiger partial charge on any atom is 0.328 e. The number of nitrogens with one attached hydrogen (secondary N) is 2. The molecule has 0 aromatic heterocycles. The summed E-state index contributed by atoms with van der Waals surface area (Å²) in [5.74, 6) is -1.07. The Labute approximate surface area is 329 Å². The van der Waals surface area contributed by atoms with Crippen LogP contribution in [0.15, 0.2) is 35.3 Å². The first-order valence-corrected chi connectivity index (χ1v) is 19.9. The molecule has 2 aliphatic rings. The summed E-state index contributed by atoms with van der Waals surface area (Å²) in [7, 11) is 10.2. The molecule has 8 atom stereocenters. The number of carbonyl (C=O) groups excluding carboxylic acids is 4. The quantitative estimate of drug-likeness (QED) is 0.130. The molecule has 2 fully saturated rings. The zero-order valence-electron chi connectivity index (χ0n) is 35.2. The maximum absolute atomic E-state index is 14.4. The number of likely N-dealkylation sites (N-methyl/N-ethyl adjacent to an activating group) is 1. The third-order valence-corrected chi connectivity index (χ3v) is 11.3. The SMILES string of the molecule is CC[C@H](C)[C@@H]([C@@H](CC(=O)N1CCC[C@H]1[C@H](OC)[C@@H](C)C(=O)N[C@@H](Cc1ccccc1)C(=O)OC)OC)N(C)C(=O)[C@@H](/N=C(\N(C)C)N1CCNCC1)C(C)C. The fourth-order valence-electron chi connectivity index (χ4n) is 7.96. The average Bonchev–Trinajstić information content (AvgIpc) is 3.67. The lowest BCUT2D eigenvalue weighted by Gasteiger charge is -2.40. The topological polar surface area (TPSA) is 145 Å². The molecule has 2 aliphatic heterocycles. The maximum atomic E-state index is 14.4. The highest BCUT2D eigenvalue weighted by atomic mass is 16.5. The van der Waals surface area contributed by atoms with E-state index < -0.39 is 42.2 Å². The van der Waals surface area contributed by atoms with Crippen molar-refractivity contribution in [2.45, 2.75) is 103 Å². The van der Waals surface area contributed by atoms with Gasteiger partial charge in [-0.25, -0.2) is 9.79 Å². The molecule has 1 aromatic carbocycles. The van der Waals surface area contributed by atoms with Crippen LogP contribution in [0.2, 0.25) is 0 Å². The summed E-state index contributed by atoms with van der Waals surface area (Å²) in [6, 6.07) is 7.17. The van der Waals surface area contributed by atoms with Gasteiger partial charge in [-0.1, -0.05) is 71.4 Å². The van der Waals surface area contributed by atoms with Crippen LogP contribution in [0.3, 0.4) is 0 Å². The largest absolute Gasteiger partial charge is 0.467 e. The summed E-state index contributed by atoms with van der Waals surface area (Å²) in [6.45, 7) is 13.8. The molecule has 0 radical (unpaired) electrons. The third-order valence-electron chi connectivity index (χ3n) is 11.3. The Morgan fingerprint density at radius 3 is 2.16 bits per heavy atom. The van der Waals surface area contributed by atoms with E-state index >= 15 is 0 Å². The molecular formula is C41H69N7O7. The molecule has 310 valence electrons. The first-order chi connectivity index (χ1) is 26.2. The van der Waals surface area contributed by atoms with Gasteiger partial charge in [0.2, 0.25) is 17.7 Å². The van der Waals surface area contributed by atoms with Crippen molar-refractivity contribution >= 4 is 29.7 Å². The first kappa shape index (κ1) is 45.6. The van der Waals surface area contributed by atoms with Crippen molar-refractivity contribution in [3.05, 3.63) is 35.9 Å². The second-order valence-corrected chi connectivity index (χ2v) is 15.6. The van der Waals surface area contributed by atoms with E-state index in [0.717, 1.165) is 50.5 Å². The van der Waals surface area contributed by atoms with Crippen molar-refractivity contribution in [2.24, 2.45) is 22.7 Å². The van der Waals surface area contributed by atoms with E-state index in [2.05, 4.69) is 29.4 Å². The van der Waals surface area contributed by atoms with E-state index in [1.165, 1.54) is 7.11 Å². The van der Waals surface area contributed by atoms with Crippen molar-refractivity contribution in [3.8, 4) is 0 Å². The number of carbonyl (C=O) groups is 4. The predicted molar refractivity (Wildman–Crippen MR) is 214 cm³/mol. The molecule has 0 spiro atoms. The monoisotopic (exact) mass is 772 g/mol. The summed E-state index contributed by atoms with van der Waals surface area (Å²) in [4.78, 5) is 67.9.